The van der Waals surface area contributed by atoms with Gasteiger partial charge in [-0.1, -0.05) is 53.7 Å². The standard InChI is InChI=1S/C25H26N2O3S/c1-16-10-11-22(17(2)14-16)31-23-9-4-3-8-20(23)27-13-12-26-15-21(27)18-6-5-7-19(24(18)28)25(29)30/h3-11,14,21,26,28H,12-13,15H2,1-2H3,(H,29,30). The Morgan fingerprint density at radius 2 is 1.87 bits per heavy atom. The minimum atomic E-state index is -1.12. The molecule has 0 bridgehead atoms. The van der Waals surface area contributed by atoms with Gasteiger partial charge in [0.25, 0.3) is 0 Å². The zero-order valence-corrected chi connectivity index (χ0v) is 18.4. The lowest BCUT2D eigenvalue weighted by Gasteiger charge is -2.39. The fraction of sp³-hybridized carbons (Fsp3) is 0.240. The number of aromatic carboxylic acids is 1. The fourth-order valence-electron chi connectivity index (χ4n) is 4.09. The van der Waals surface area contributed by atoms with Crippen molar-refractivity contribution >= 4 is 23.4 Å². The van der Waals surface area contributed by atoms with Gasteiger partial charge in [0.2, 0.25) is 0 Å². The number of aryl methyl sites for hydroxylation is 2. The number of piperazine rings is 1. The second kappa shape index (κ2) is 9.04. The number of hydrogen-bond acceptors (Lipinski definition) is 5. The van der Waals surface area contributed by atoms with Crippen LogP contribution in [0.3, 0.4) is 0 Å². The van der Waals surface area contributed by atoms with E-state index in [1.807, 2.05) is 18.2 Å². The van der Waals surface area contributed by atoms with Crippen LogP contribution in [0.25, 0.3) is 0 Å². The summed E-state index contributed by atoms with van der Waals surface area (Å²) in [6, 6.07) is 19.5. The topological polar surface area (TPSA) is 72.8 Å². The Hall–Kier alpha value is -2.96. The largest absolute Gasteiger partial charge is 0.507 e. The Morgan fingerprint density at radius 1 is 1.06 bits per heavy atom. The number of aromatic hydroxyl groups is 1. The summed E-state index contributed by atoms with van der Waals surface area (Å²) in [7, 11) is 0. The normalized spacial score (nSPS) is 16.3. The van der Waals surface area contributed by atoms with Crippen molar-refractivity contribution in [3.63, 3.8) is 0 Å². The first kappa shape index (κ1) is 21.3. The summed E-state index contributed by atoms with van der Waals surface area (Å²) in [5.41, 5.74) is 4.12. The predicted molar refractivity (Wildman–Crippen MR) is 125 cm³/mol. The van der Waals surface area contributed by atoms with Crippen molar-refractivity contribution in [1.29, 1.82) is 0 Å². The summed E-state index contributed by atoms with van der Waals surface area (Å²) in [5, 5.41) is 23.5. The third kappa shape index (κ3) is 4.40. The molecule has 31 heavy (non-hydrogen) atoms. The van der Waals surface area contributed by atoms with Crippen molar-refractivity contribution in [1.82, 2.24) is 5.32 Å². The zero-order valence-electron chi connectivity index (χ0n) is 17.6. The molecule has 160 valence electrons. The number of nitrogens with one attached hydrogen (secondary N) is 1. The molecule has 3 N–H and O–H groups in total. The van der Waals surface area contributed by atoms with Crippen LogP contribution in [0, 0.1) is 13.8 Å². The first-order valence-electron chi connectivity index (χ1n) is 10.3. The van der Waals surface area contributed by atoms with Crippen LogP contribution in [0.4, 0.5) is 5.69 Å². The van der Waals surface area contributed by atoms with E-state index in [-0.39, 0.29) is 17.4 Å². The van der Waals surface area contributed by atoms with Gasteiger partial charge in [0, 0.05) is 35.0 Å². The van der Waals surface area contributed by atoms with Gasteiger partial charge < -0.3 is 20.4 Å². The Kier molecular flexibility index (Phi) is 6.20. The van der Waals surface area contributed by atoms with Crippen LogP contribution in [-0.2, 0) is 0 Å². The first-order chi connectivity index (χ1) is 15.0. The van der Waals surface area contributed by atoms with Crippen LogP contribution in [-0.4, -0.2) is 35.8 Å². The molecule has 6 heteroatoms. The molecular formula is C25H26N2O3S. The van der Waals surface area contributed by atoms with E-state index in [1.165, 1.54) is 22.1 Å². The molecule has 1 aliphatic rings. The fourth-order valence-corrected chi connectivity index (χ4v) is 5.12. The highest BCUT2D eigenvalue weighted by molar-refractivity contribution is 7.99. The van der Waals surface area contributed by atoms with Gasteiger partial charge in [0.15, 0.2) is 0 Å². The van der Waals surface area contributed by atoms with Gasteiger partial charge in [-0.05, 0) is 43.7 Å². The highest BCUT2D eigenvalue weighted by Gasteiger charge is 2.29. The molecule has 1 saturated heterocycles. The SMILES string of the molecule is Cc1ccc(Sc2ccccc2N2CCNCC2c2cccc(C(=O)O)c2O)c(C)c1. The Bertz CT molecular complexity index is 1120. The highest BCUT2D eigenvalue weighted by Crippen LogP contribution is 2.41. The van der Waals surface area contributed by atoms with Crippen LogP contribution in [0.5, 0.6) is 5.75 Å². The number of carbonyl (C=O) groups is 1. The van der Waals surface area contributed by atoms with E-state index in [1.54, 1.807) is 17.8 Å². The average molecular weight is 435 g/mol. The highest BCUT2D eigenvalue weighted by atomic mass is 32.2. The third-order valence-electron chi connectivity index (χ3n) is 5.63. The van der Waals surface area contributed by atoms with Gasteiger partial charge in [-0.2, -0.15) is 0 Å². The van der Waals surface area contributed by atoms with E-state index in [0.717, 1.165) is 23.7 Å². The summed E-state index contributed by atoms with van der Waals surface area (Å²) in [4.78, 5) is 16.1. The lowest BCUT2D eigenvalue weighted by molar-refractivity contribution is 0.0693. The van der Waals surface area contributed by atoms with Crippen molar-refractivity contribution < 1.29 is 15.0 Å². The second-order valence-corrected chi connectivity index (χ2v) is 8.88. The van der Waals surface area contributed by atoms with E-state index in [0.29, 0.717) is 12.1 Å². The van der Waals surface area contributed by atoms with Gasteiger partial charge in [-0.15, -0.1) is 0 Å². The Labute approximate surface area is 186 Å². The molecule has 0 amide bonds. The van der Waals surface area contributed by atoms with Crippen molar-refractivity contribution in [2.75, 3.05) is 24.5 Å². The molecule has 1 unspecified atom stereocenters. The maximum atomic E-state index is 11.5. The van der Waals surface area contributed by atoms with E-state index in [9.17, 15) is 15.0 Å². The van der Waals surface area contributed by atoms with Gasteiger partial charge >= 0.3 is 5.97 Å². The summed E-state index contributed by atoms with van der Waals surface area (Å²) in [6.45, 7) is 6.42. The molecule has 0 spiro atoms. The van der Waals surface area contributed by atoms with E-state index in [4.69, 9.17) is 0 Å². The van der Waals surface area contributed by atoms with Gasteiger partial charge in [-0.3, -0.25) is 0 Å². The van der Waals surface area contributed by atoms with Gasteiger partial charge in [-0.25, -0.2) is 4.79 Å². The minimum absolute atomic E-state index is 0.0686. The van der Waals surface area contributed by atoms with Gasteiger partial charge in [0.1, 0.15) is 11.3 Å². The molecule has 4 rings (SSSR count). The number of rotatable bonds is 5. The van der Waals surface area contributed by atoms with Crippen LogP contribution in [0.15, 0.2) is 70.5 Å². The molecule has 3 aromatic carbocycles. The molecule has 1 aliphatic heterocycles. The van der Waals surface area contributed by atoms with Crippen LogP contribution >= 0.6 is 11.8 Å². The predicted octanol–water partition coefficient (Wildman–Crippen LogP) is 5.01. The Morgan fingerprint density at radius 3 is 2.65 bits per heavy atom. The minimum Gasteiger partial charge on any atom is -0.507 e. The smallest absolute Gasteiger partial charge is 0.339 e. The maximum absolute atomic E-state index is 11.5. The van der Waals surface area contributed by atoms with Gasteiger partial charge in [0.05, 0.1) is 11.7 Å². The number of para-hydroxylation sites is 2. The maximum Gasteiger partial charge on any atom is 0.339 e. The summed E-state index contributed by atoms with van der Waals surface area (Å²) in [5.74, 6) is -1.28. The number of carboxylic acid groups (broad SMARTS) is 1. The summed E-state index contributed by atoms with van der Waals surface area (Å²) in [6.07, 6.45) is 0. The molecule has 1 heterocycles. The lowest BCUT2D eigenvalue weighted by Crippen LogP contribution is -2.46. The molecule has 0 radical (unpaired) electrons. The number of phenols is 1. The van der Waals surface area contributed by atoms with Crippen molar-refractivity contribution in [3.05, 3.63) is 82.9 Å². The number of hydrogen-bond donors (Lipinski definition) is 3. The van der Waals surface area contributed by atoms with Crippen molar-refractivity contribution in [3.8, 4) is 5.75 Å². The molecule has 0 saturated carbocycles. The average Bonchev–Trinajstić information content (AvgIpc) is 2.76. The van der Waals surface area contributed by atoms with Crippen molar-refractivity contribution in [2.24, 2.45) is 0 Å². The number of nitrogens with zero attached hydrogens (tertiary/aromatic N) is 1. The third-order valence-corrected chi connectivity index (χ3v) is 6.87. The number of anilines is 1. The number of carboxylic acids is 1. The zero-order chi connectivity index (χ0) is 22.0. The number of benzene rings is 3. The van der Waals surface area contributed by atoms with E-state index < -0.39 is 5.97 Å². The van der Waals surface area contributed by atoms with Crippen LogP contribution < -0.4 is 10.2 Å². The quantitative estimate of drug-likeness (QED) is 0.524. The molecule has 5 nitrogen and oxygen atoms in total. The van der Waals surface area contributed by atoms with E-state index >= 15 is 0 Å². The molecular weight excluding hydrogens is 408 g/mol. The monoisotopic (exact) mass is 434 g/mol. The summed E-state index contributed by atoms with van der Waals surface area (Å²) >= 11 is 1.73. The van der Waals surface area contributed by atoms with Crippen LogP contribution in [0.1, 0.15) is 33.1 Å². The van der Waals surface area contributed by atoms with E-state index in [2.05, 4.69) is 54.4 Å². The summed E-state index contributed by atoms with van der Waals surface area (Å²) < 4.78 is 0. The molecule has 1 atom stereocenters. The molecule has 0 aromatic heterocycles. The molecule has 0 aliphatic carbocycles. The molecule has 3 aromatic rings. The second-order valence-electron chi connectivity index (χ2n) is 7.80. The lowest BCUT2D eigenvalue weighted by atomic mass is 9.98. The molecule has 1 fully saturated rings. The first-order valence-corrected chi connectivity index (χ1v) is 11.1. The van der Waals surface area contributed by atoms with Crippen molar-refractivity contribution in [2.45, 2.75) is 29.7 Å². The van der Waals surface area contributed by atoms with Crippen LogP contribution in [0.2, 0.25) is 0 Å². The Balaban J connectivity index is 1.73.